The molecule has 1 fully saturated rings. The van der Waals surface area contributed by atoms with Gasteiger partial charge >= 0.3 is 0 Å². The van der Waals surface area contributed by atoms with Gasteiger partial charge in [0.05, 0.1) is 4.91 Å². The number of halogens is 2. The minimum absolute atomic E-state index is 0.0466. The van der Waals surface area contributed by atoms with Crippen LogP contribution in [0.1, 0.15) is 24.5 Å². The minimum atomic E-state index is -0.0466. The van der Waals surface area contributed by atoms with Crippen molar-refractivity contribution in [3.8, 4) is 0 Å². The number of nitrogens with zero attached hydrogens (tertiary/aromatic N) is 1. The molecule has 0 spiro atoms. The number of amides is 1. The molecule has 0 aliphatic carbocycles. The Morgan fingerprint density at radius 3 is 2.50 bits per heavy atom. The molecule has 0 unspecified atom stereocenters. The topological polar surface area (TPSA) is 20.3 Å². The smallest absolute Gasteiger partial charge is 0.266 e. The van der Waals surface area contributed by atoms with Crippen molar-refractivity contribution < 1.29 is 4.79 Å². The number of hydrogen-bond donors (Lipinski definition) is 0. The number of hydrogen-bond acceptors (Lipinski definition) is 3. The van der Waals surface area contributed by atoms with Crippen LogP contribution in [0.5, 0.6) is 0 Å². The molecule has 2 rings (SSSR count). The lowest BCUT2D eigenvalue weighted by Gasteiger charge is -2.11. The molecule has 1 aromatic carbocycles. The number of carbonyl (C=O) groups excluding carboxylic acids is 1. The highest BCUT2D eigenvalue weighted by Crippen LogP contribution is 2.34. The van der Waals surface area contributed by atoms with Crippen LogP contribution in [-0.4, -0.2) is 21.7 Å². The molecular weight excluding hydrogens is 333 g/mol. The van der Waals surface area contributed by atoms with Gasteiger partial charge in [-0.05, 0) is 42.7 Å². The van der Waals surface area contributed by atoms with Gasteiger partial charge in [-0.15, -0.1) is 0 Å². The second kappa shape index (κ2) is 6.48. The summed E-state index contributed by atoms with van der Waals surface area (Å²) in [5.74, 6) is -0.0466. The number of carbonyl (C=O) groups is 1. The molecule has 1 aliphatic heterocycles. The van der Waals surface area contributed by atoms with Crippen LogP contribution in [0.3, 0.4) is 0 Å². The van der Waals surface area contributed by atoms with Crippen molar-refractivity contribution >= 4 is 63.5 Å². The summed E-state index contributed by atoms with van der Waals surface area (Å²) in [7, 11) is 0. The van der Waals surface area contributed by atoms with Crippen molar-refractivity contribution in [2.45, 2.75) is 20.3 Å². The molecule has 1 aromatic rings. The van der Waals surface area contributed by atoms with Gasteiger partial charge in [0.25, 0.3) is 5.91 Å². The van der Waals surface area contributed by atoms with Gasteiger partial charge in [0.1, 0.15) is 4.32 Å². The quantitative estimate of drug-likeness (QED) is 0.573. The monoisotopic (exact) mass is 345 g/mol. The first kappa shape index (κ1) is 15.8. The second-order valence-corrected chi connectivity index (χ2v) is 6.93. The number of thiocarbonyl (C=S) groups is 1. The lowest BCUT2D eigenvalue weighted by molar-refractivity contribution is -0.122. The Bertz CT molecular complexity index is 590. The molecule has 106 valence electrons. The van der Waals surface area contributed by atoms with Gasteiger partial charge in [-0.1, -0.05) is 54.1 Å². The van der Waals surface area contributed by atoms with E-state index in [-0.39, 0.29) is 5.91 Å². The van der Waals surface area contributed by atoms with E-state index in [1.165, 1.54) is 11.8 Å². The molecule has 0 radical (unpaired) electrons. The highest BCUT2D eigenvalue weighted by molar-refractivity contribution is 8.26. The van der Waals surface area contributed by atoms with Crippen molar-refractivity contribution in [3.05, 3.63) is 38.2 Å². The van der Waals surface area contributed by atoms with Gasteiger partial charge in [0.15, 0.2) is 0 Å². The summed E-state index contributed by atoms with van der Waals surface area (Å²) in [6.45, 7) is 4.52. The van der Waals surface area contributed by atoms with Crippen LogP contribution in [0.25, 0.3) is 6.08 Å². The summed E-state index contributed by atoms with van der Waals surface area (Å²) in [5, 5.41) is 1.18. The first-order valence-electron chi connectivity index (χ1n) is 6.15. The Morgan fingerprint density at radius 1 is 1.35 bits per heavy atom. The largest absolute Gasteiger partial charge is 0.293 e. The molecular formula is C14H13Cl2NOS2. The van der Waals surface area contributed by atoms with Crippen molar-refractivity contribution in [1.29, 1.82) is 0 Å². The average molecular weight is 346 g/mol. The van der Waals surface area contributed by atoms with Crippen LogP contribution in [0.15, 0.2) is 17.0 Å². The third kappa shape index (κ3) is 3.19. The zero-order valence-electron chi connectivity index (χ0n) is 11.1. The van der Waals surface area contributed by atoms with E-state index in [0.717, 1.165) is 17.5 Å². The summed E-state index contributed by atoms with van der Waals surface area (Å²) in [4.78, 5) is 14.5. The Hall–Kier alpha value is -0.550. The summed E-state index contributed by atoms with van der Waals surface area (Å²) < 4.78 is 0.604. The fourth-order valence-corrected chi connectivity index (χ4v) is 3.63. The Kier molecular flexibility index (Phi) is 5.13. The molecule has 6 heteroatoms. The average Bonchev–Trinajstić information content (AvgIpc) is 2.64. The van der Waals surface area contributed by atoms with E-state index in [1.807, 2.05) is 13.8 Å². The predicted octanol–water partition coefficient (Wildman–Crippen LogP) is 4.91. The number of benzene rings is 1. The zero-order valence-corrected chi connectivity index (χ0v) is 14.2. The van der Waals surface area contributed by atoms with Crippen molar-refractivity contribution in [2.24, 2.45) is 0 Å². The summed E-state index contributed by atoms with van der Waals surface area (Å²) in [5.41, 5.74) is 1.65. The normalized spacial score (nSPS) is 17.4. The maximum Gasteiger partial charge on any atom is 0.266 e. The third-order valence-electron chi connectivity index (χ3n) is 2.92. The molecule has 1 aliphatic rings. The van der Waals surface area contributed by atoms with Gasteiger partial charge in [0.2, 0.25) is 0 Å². The van der Waals surface area contributed by atoms with Gasteiger partial charge in [-0.2, -0.15) is 0 Å². The maximum atomic E-state index is 12.2. The zero-order chi connectivity index (χ0) is 14.9. The summed E-state index contributed by atoms with van der Waals surface area (Å²) in [6.07, 6.45) is 2.66. The van der Waals surface area contributed by atoms with E-state index >= 15 is 0 Å². The van der Waals surface area contributed by atoms with Crippen LogP contribution >= 0.6 is 47.2 Å². The molecule has 0 saturated carbocycles. The number of rotatable bonds is 3. The van der Waals surface area contributed by atoms with E-state index in [9.17, 15) is 4.79 Å². The minimum Gasteiger partial charge on any atom is -0.293 e. The molecule has 1 amide bonds. The van der Waals surface area contributed by atoms with Gasteiger partial charge in [0, 0.05) is 16.6 Å². The predicted molar refractivity (Wildman–Crippen MR) is 91.4 cm³/mol. The second-order valence-electron chi connectivity index (χ2n) is 4.44. The van der Waals surface area contributed by atoms with E-state index < -0.39 is 0 Å². The standard InChI is InChI=1S/C14H13Cl2NOS2/c1-3-4-17-13(18)12(20-14(17)19)7-9-5-10(15)8(2)11(16)6-9/h5-7H,3-4H2,1-2H3/b12-7-. The fraction of sp³-hybridized carbons (Fsp3) is 0.286. The molecule has 2 nitrogen and oxygen atoms in total. The van der Waals surface area contributed by atoms with Crippen LogP contribution in [0.4, 0.5) is 0 Å². The molecule has 20 heavy (non-hydrogen) atoms. The van der Waals surface area contributed by atoms with Crippen LogP contribution in [0, 0.1) is 6.92 Å². The highest BCUT2D eigenvalue weighted by Gasteiger charge is 2.31. The van der Waals surface area contributed by atoms with Crippen molar-refractivity contribution in [2.75, 3.05) is 6.54 Å². The van der Waals surface area contributed by atoms with E-state index in [4.69, 9.17) is 35.4 Å². The fourth-order valence-electron chi connectivity index (χ4n) is 1.82. The Labute approximate surface area is 138 Å². The molecule has 0 bridgehead atoms. The van der Waals surface area contributed by atoms with E-state index in [0.29, 0.717) is 25.8 Å². The lowest BCUT2D eigenvalue weighted by atomic mass is 10.1. The SMILES string of the molecule is CCCN1C(=O)/C(=C/c2cc(Cl)c(C)c(Cl)c2)SC1=S. The molecule has 0 N–H and O–H groups in total. The van der Waals surface area contributed by atoms with Crippen LogP contribution < -0.4 is 0 Å². The Morgan fingerprint density at radius 2 is 1.95 bits per heavy atom. The lowest BCUT2D eigenvalue weighted by Crippen LogP contribution is -2.28. The first-order valence-corrected chi connectivity index (χ1v) is 8.13. The van der Waals surface area contributed by atoms with E-state index in [2.05, 4.69) is 0 Å². The molecule has 1 saturated heterocycles. The van der Waals surface area contributed by atoms with Gasteiger partial charge < -0.3 is 0 Å². The highest BCUT2D eigenvalue weighted by atomic mass is 35.5. The van der Waals surface area contributed by atoms with Crippen LogP contribution in [-0.2, 0) is 4.79 Å². The van der Waals surface area contributed by atoms with Gasteiger partial charge in [-0.3, -0.25) is 9.69 Å². The van der Waals surface area contributed by atoms with Crippen LogP contribution in [0.2, 0.25) is 10.0 Å². The molecule has 0 aromatic heterocycles. The number of thioether (sulfide) groups is 1. The Balaban J connectivity index is 2.33. The summed E-state index contributed by atoms with van der Waals surface area (Å²) >= 11 is 18.8. The molecule has 0 atom stereocenters. The third-order valence-corrected chi connectivity index (χ3v) is 5.08. The van der Waals surface area contributed by atoms with E-state index in [1.54, 1.807) is 23.1 Å². The van der Waals surface area contributed by atoms with Gasteiger partial charge in [-0.25, -0.2) is 0 Å². The van der Waals surface area contributed by atoms with Crippen molar-refractivity contribution in [1.82, 2.24) is 4.90 Å². The molecule has 1 heterocycles. The summed E-state index contributed by atoms with van der Waals surface area (Å²) in [6, 6.07) is 3.60. The maximum absolute atomic E-state index is 12.2. The first-order chi connectivity index (χ1) is 9.43. The van der Waals surface area contributed by atoms with Crippen molar-refractivity contribution in [3.63, 3.8) is 0 Å².